The number of anilines is 2. The molecule has 0 bridgehead atoms. The van der Waals surface area contributed by atoms with E-state index in [-0.39, 0.29) is 0 Å². The predicted octanol–water partition coefficient (Wildman–Crippen LogP) is 2.82. The lowest BCUT2D eigenvalue weighted by molar-refractivity contribution is 0.439. The van der Waals surface area contributed by atoms with Crippen LogP contribution in [0.1, 0.15) is 31.7 Å². The third kappa shape index (κ3) is 2.46. The van der Waals surface area contributed by atoms with Crippen LogP contribution in [0.15, 0.2) is 12.3 Å². The van der Waals surface area contributed by atoms with E-state index in [0.29, 0.717) is 0 Å². The summed E-state index contributed by atoms with van der Waals surface area (Å²) in [5.74, 6) is 2.54. The second-order valence-corrected chi connectivity index (χ2v) is 4.98. The lowest BCUT2D eigenvalue weighted by Crippen LogP contribution is -2.17. The van der Waals surface area contributed by atoms with Gasteiger partial charge in [-0.15, -0.1) is 0 Å². The minimum atomic E-state index is 0.796. The Hall–Kier alpha value is -1.25. The van der Waals surface area contributed by atoms with E-state index in [9.17, 15) is 0 Å². The van der Waals surface area contributed by atoms with Crippen LogP contribution >= 0.6 is 0 Å². The summed E-state index contributed by atoms with van der Waals surface area (Å²) in [4.78, 5) is 4.33. The molecule has 3 N–H and O–H groups in total. The first-order valence-corrected chi connectivity index (χ1v) is 6.13. The maximum atomic E-state index is 5.85. The van der Waals surface area contributed by atoms with Gasteiger partial charge < -0.3 is 11.1 Å². The van der Waals surface area contributed by atoms with Gasteiger partial charge in [-0.25, -0.2) is 4.98 Å². The van der Waals surface area contributed by atoms with E-state index in [1.165, 1.54) is 19.3 Å². The van der Waals surface area contributed by atoms with Gasteiger partial charge in [0.2, 0.25) is 0 Å². The molecule has 0 aliphatic heterocycles. The van der Waals surface area contributed by atoms with Gasteiger partial charge in [0.15, 0.2) is 0 Å². The normalized spacial score (nSPS) is 24.6. The molecule has 1 saturated carbocycles. The summed E-state index contributed by atoms with van der Waals surface area (Å²) in [5, 5.41) is 3.39. The first-order valence-electron chi connectivity index (χ1n) is 6.13. The van der Waals surface area contributed by atoms with Crippen LogP contribution in [-0.2, 0) is 0 Å². The minimum absolute atomic E-state index is 0.796. The third-order valence-corrected chi connectivity index (χ3v) is 3.73. The van der Waals surface area contributed by atoms with E-state index in [1.54, 1.807) is 0 Å². The second-order valence-electron chi connectivity index (χ2n) is 4.98. The number of rotatable bonds is 3. The van der Waals surface area contributed by atoms with Gasteiger partial charge in [-0.1, -0.05) is 19.8 Å². The van der Waals surface area contributed by atoms with Crippen LogP contribution in [0.2, 0.25) is 0 Å². The molecule has 16 heavy (non-hydrogen) atoms. The molecule has 2 rings (SSSR count). The highest BCUT2D eigenvalue weighted by molar-refractivity contribution is 5.53. The highest BCUT2D eigenvalue weighted by atomic mass is 15.0. The van der Waals surface area contributed by atoms with E-state index >= 15 is 0 Å². The summed E-state index contributed by atoms with van der Waals surface area (Å²) >= 11 is 0. The Kier molecular flexibility index (Phi) is 3.32. The van der Waals surface area contributed by atoms with Crippen molar-refractivity contribution in [1.29, 1.82) is 0 Å². The zero-order valence-electron chi connectivity index (χ0n) is 10.2. The Labute approximate surface area is 97.5 Å². The molecule has 3 nitrogen and oxygen atoms in total. The molecule has 0 radical (unpaired) electrons. The van der Waals surface area contributed by atoms with Gasteiger partial charge in [-0.2, -0.15) is 0 Å². The molecule has 3 heteroatoms. The number of aromatic nitrogens is 1. The number of hydrogen-bond acceptors (Lipinski definition) is 3. The lowest BCUT2D eigenvalue weighted by atomic mass is 9.98. The van der Waals surface area contributed by atoms with Crippen molar-refractivity contribution < 1.29 is 0 Å². The highest BCUT2D eigenvalue weighted by Gasteiger charge is 2.22. The topological polar surface area (TPSA) is 50.9 Å². The number of hydrogen-bond donors (Lipinski definition) is 2. The second kappa shape index (κ2) is 4.73. The first-order chi connectivity index (χ1) is 7.66. The van der Waals surface area contributed by atoms with Crippen LogP contribution in [0.4, 0.5) is 11.5 Å². The number of pyridine rings is 1. The maximum Gasteiger partial charge on any atom is 0.127 e. The molecule has 0 spiro atoms. The summed E-state index contributed by atoms with van der Waals surface area (Å²) in [6, 6.07) is 1.93. The summed E-state index contributed by atoms with van der Waals surface area (Å²) in [6.07, 6.45) is 5.91. The number of aryl methyl sites for hydroxylation is 1. The third-order valence-electron chi connectivity index (χ3n) is 3.73. The molecule has 0 saturated heterocycles. The Morgan fingerprint density at radius 1 is 1.50 bits per heavy atom. The van der Waals surface area contributed by atoms with E-state index in [1.807, 2.05) is 19.2 Å². The lowest BCUT2D eigenvalue weighted by Gasteiger charge is -2.16. The maximum absolute atomic E-state index is 5.85. The smallest absolute Gasteiger partial charge is 0.127 e. The van der Waals surface area contributed by atoms with E-state index < -0.39 is 0 Å². The van der Waals surface area contributed by atoms with Crippen LogP contribution in [0.5, 0.6) is 0 Å². The fraction of sp³-hybridized carbons (Fsp3) is 0.615. The average Bonchev–Trinajstić information content (AvgIpc) is 2.66. The molecule has 1 aliphatic carbocycles. The molecule has 1 heterocycles. The van der Waals surface area contributed by atoms with Crippen molar-refractivity contribution in [3.63, 3.8) is 0 Å². The number of nitrogens with two attached hydrogens (primary N) is 1. The molecule has 1 aromatic rings. The minimum Gasteiger partial charge on any atom is -0.398 e. The van der Waals surface area contributed by atoms with Crippen LogP contribution in [0.25, 0.3) is 0 Å². The summed E-state index contributed by atoms with van der Waals surface area (Å²) in [5.41, 5.74) is 7.71. The van der Waals surface area contributed by atoms with Crippen LogP contribution < -0.4 is 11.1 Å². The summed E-state index contributed by atoms with van der Waals surface area (Å²) in [7, 11) is 0. The predicted molar refractivity (Wildman–Crippen MR) is 68.4 cm³/mol. The molecular formula is C13H21N3. The van der Waals surface area contributed by atoms with Crippen molar-refractivity contribution in [3.05, 3.63) is 17.8 Å². The fourth-order valence-electron chi connectivity index (χ4n) is 2.40. The first kappa shape index (κ1) is 11.2. The quantitative estimate of drug-likeness (QED) is 0.822. The molecule has 2 atom stereocenters. The van der Waals surface area contributed by atoms with Crippen LogP contribution in [0, 0.1) is 18.8 Å². The van der Waals surface area contributed by atoms with Crippen molar-refractivity contribution in [1.82, 2.24) is 4.98 Å². The Balaban J connectivity index is 1.91. The fourth-order valence-corrected chi connectivity index (χ4v) is 2.40. The zero-order valence-corrected chi connectivity index (χ0v) is 10.2. The van der Waals surface area contributed by atoms with Crippen LogP contribution in [0.3, 0.4) is 0 Å². The summed E-state index contributed by atoms with van der Waals surface area (Å²) in [6.45, 7) is 5.35. The Morgan fingerprint density at radius 2 is 2.31 bits per heavy atom. The van der Waals surface area contributed by atoms with Gasteiger partial charge in [-0.3, -0.25) is 0 Å². The molecule has 88 valence electrons. The zero-order chi connectivity index (χ0) is 11.5. The van der Waals surface area contributed by atoms with Gasteiger partial charge in [-0.05, 0) is 30.7 Å². The molecule has 1 fully saturated rings. The van der Waals surface area contributed by atoms with Crippen molar-refractivity contribution in [3.8, 4) is 0 Å². The number of nitrogen functional groups attached to an aromatic ring is 1. The number of nitrogens with one attached hydrogen (secondary N) is 1. The average molecular weight is 219 g/mol. The molecule has 1 aliphatic rings. The van der Waals surface area contributed by atoms with Crippen molar-refractivity contribution in [2.45, 2.75) is 33.1 Å². The molecular weight excluding hydrogens is 198 g/mol. The van der Waals surface area contributed by atoms with Gasteiger partial charge >= 0.3 is 0 Å². The standard InChI is InChI=1S/C13H21N3/c1-9-4-3-5-11(9)8-16-13-6-12(14)10(2)7-15-13/h6-7,9,11H,3-5,8H2,1-2H3,(H3,14,15,16). The van der Waals surface area contributed by atoms with Gasteiger partial charge in [0, 0.05) is 24.5 Å². The SMILES string of the molecule is Cc1cnc(NCC2CCCC2C)cc1N. The molecule has 1 aromatic heterocycles. The highest BCUT2D eigenvalue weighted by Crippen LogP contribution is 2.31. The molecule has 2 unspecified atom stereocenters. The van der Waals surface area contributed by atoms with Gasteiger partial charge in [0.25, 0.3) is 0 Å². The molecule has 0 aromatic carbocycles. The van der Waals surface area contributed by atoms with E-state index in [0.717, 1.165) is 35.4 Å². The summed E-state index contributed by atoms with van der Waals surface area (Å²) < 4.78 is 0. The van der Waals surface area contributed by atoms with Crippen molar-refractivity contribution in [2.24, 2.45) is 11.8 Å². The van der Waals surface area contributed by atoms with Crippen LogP contribution in [-0.4, -0.2) is 11.5 Å². The van der Waals surface area contributed by atoms with E-state index in [2.05, 4.69) is 17.2 Å². The van der Waals surface area contributed by atoms with Crippen molar-refractivity contribution >= 4 is 11.5 Å². The number of nitrogens with zero attached hydrogens (tertiary/aromatic N) is 1. The van der Waals surface area contributed by atoms with Crippen molar-refractivity contribution in [2.75, 3.05) is 17.6 Å². The van der Waals surface area contributed by atoms with Gasteiger partial charge in [0.05, 0.1) is 0 Å². The van der Waals surface area contributed by atoms with Gasteiger partial charge in [0.1, 0.15) is 5.82 Å². The Morgan fingerprint density at radius 3 is 2.94 bits per heavy atom. The van der Waals surface area contributed by atoms with E-state index in [4.69, 9.17) is 5.73 Å². The molecule has 0 amide bonds. The largest absolute Gasteiger partial charge is 0.398 e. The monoisotopic (exact) mass is 219 g/mol. The Bertz CT molecular complexity index is 362.